The lowest BCUT2D eigenvalue weighted by atomic mass is 10.1. The Morgan fingerprint density at radius 3 is 2.09 bits per heavy atom. The van der Waals surface area contributed by atoms with Crippen LogP contribution in [0, 0.1) is 12.3 Å². The standard InChI is InChI=1S/C24H20N2O5S/c1-2-17-25-32(29,30)21-15-13-19(14-16-21)24(28)31-22(18-9-5-3-6-10-18)23(27)26-20-11-7-4-8-12-20/h1,3-16,22,25H,17H2,(H,26,27). The van der Waals surface area contributed by atoms with Gasteiger partial charge in [0.2, 0.25) is 16.1 Å². The highest BCUT2D eigenvalue weighted by atomic mass is 32.2. The molecule has 1 atom stereocenters. The predicted octanol–water partition coefficient (Wildman–Crippen LogP) is 3.13. The maximum Gasteiger partial charge on any atom is 0.339 e. The van der Waals surface area contributed by atoms with Crippen molar-refractivity contribution in [3.63, 3.8) is 0 Å². The molecule has 162 valence electrons. The van der Waals surface area contributed by atoms with Crippen molar-refractivity contribution in [1.29, 1.82) is 0 Å². The summed E-state index contributed by atoms with van der Waals surface area (Å²) in [5.41, 5.74) is 1.14. The molecular formula is C24H20N2O5S. The smallest absolute Gasteiger partial charge is 0.339 e. The van der Waals surface area contributed by atoms with Gasteiger partial charge in [-0.05, 0) is 36.4 Å². The average molecular weight is 449 g/mol. The molecule has 1 unspecified atom stereocenters. The highest BCUT2D eigenvalue weighted by Crippen LogP contribution is 2.22. The minimum Gasteiger partial charge on any atom is -0.444 e. The number of terminal acetylenes is 1. The molecule has 0 saturated heterocycles. The van der Waals surface area contributed by atoms with Gasteiger partial charge in [0.1, 0.15) is 0 Å². The summed E-state index contributed by atoms with van der Waals surface area (Å²) in [5, 5.41) is 2.73. The third kappa shape index (κ3) is 5.82. The predicted molar refractivity (Wildman–Crippen MR) is 120 cm³/mol. The number of amides is 1. The van der Waals surface area contributed by atoms with Crippen LogP contribution in [0.5, 0.6) is 0 Å². The SMILES string of the molecule is C#CCNS(=O)(=O)c1ccc(C(=O)OC(C(=O)Nc2ccccc2)c2ccccc2)cc1. The molecular weight excluding hydrogens is 428 g/mol. The number of hydrogen-bond acceptors (Lipinski definition) is 5. The lowest BCUT2D eigenvalue weighted by molar-refractivity contribution is -0.125. The quantitative estimate of drug-likeness (QED) is 0.407. The van der Waals surface area contributed by atoms with Crippen molar-refractivity contribution < 1.29 is 22.7 Å². The number of carbonyl (C=O) groups excluding carboxylic acids is 2. The van der Waals surface area contributed by atoms with Crippen molar-refractivity contribution in [3.8, 4) is 12.3 Å². The van der Waals surface area contributed by atoms with Gasteiger partial charge in [0, 0.05) is 11.3 Å². The Labute approximate surface area is 186 Å². The zero-order valence-electron chi connectivity index (χ0n) is 16.9. The molecule has 1 amide bonds. The van der Waals surface area contributed by atoms with E-state index in [0.717, 1.165) is 0 Å². The van der Waals surface area contributed by atoms with Crippen LogP contribution < -0.4 is 10.0 Å². The Bertz CT molecular complexity index is 1220. The molecule has 0 spiro atoms. The highest BCUT2D eigenvalue weighted by molar-refractivity contribution is 7.89. The molecule has 8 heteroatoms. The number of nitrogens with one attached hydrogen (secondary N) is 2. The Kier molecular flexibility index (Phi) is 7.39. The number of anilines is 1. The Morgan fingerprint density at radius 1 is 0.906 bits per heavy atom. The van der Waals surface area contributed by atoms with E-state index in [2.05, 4.69) is 16.0 Å². The summed E-state index contributed by atoms with van der Waals surface area (Å²) < 4.78 is 32.0. The summed E-state index contributed by atoms with van der Waals surface area (Å²) in [4.78, 5) is 25.5. The number of sulfonamides is 1. The molecule has 0 saturated carbocycles. The number of para-hydroxylation sites is 1. The van der Waals surface area contributed by atoms with E-state index in [-0.39, 0.29) is 17.0 Å². The Hall–Kier alpha value is -3.93. The average Bonchev–Trinajstić information content (AvgIpc) is 2.82. The number of esters is 1. The summed E-state index contributed by atoms with van der Waals surface area (Å²) in [7, 11) is -3.79. The molecule has 0 fully saturated rings. The Morgan fingerprint density at radius 2 is 1.50 bits per heavy atom. The lowest BCUT2D eigenvalue weighted by Crippen LogP contribution is -2.26. The van der Waals surface area contributed by atoms with Crippen LogP contribution in [0.2, 0.25) is 0 Å². The van der Waals surface area contributed by atoms with Crippen LogP contribution in [0.15, 0.2) is 89.8 Å². The molecule has 0 aliphatic carbocycles. The van der Waals surface area contributed by atoms with E-state index in [9.17, 15) is 18.0 Å². The van der Waals surface area contributed by atoms with E-state index < -0.39 is 28.0 Å². The van der Waals surface area contributed by atoms with Gasteiger partial charge in [-0.3, -0.25) is 4.79 Å². The second-order valence-electron chi connectivity index (χ2n) is 6.60. The fourth-order valence-corrected chi connectivity index (χ4v) is 3.73. The van der Waals surface area contributed by atoms with E-state index in [4.69, 9.17) is 11.2 Å². The first kappa shape index (κ1) is 22.7. The third-order valence-electron chi connectivity index (χ3n) is 4.37. The van der Waals surface area contributed by atoms with Crippen LogP contribution in [-0.2, 0) is 19.6 Å². The minimum atomic E-state index is -3.79. The van der Waals surface area contributed by atoms with Crippen molar-refractivity contribution >= 4 is 27.6 Å². The second-order valence-corrected chi connectivity index (χ2v) is 8.37. The van der Waals surface area contributed by atoms with Crippen molar-refractivity contribution in [2.24, 2.45) is 0 Å². The fourth-order valence-electron chi connectivity index (χ4n) is 2.80. The first-order valence-electron chi connectivity index (χ1n) is 9.56. The summed E-state index contributed by atoms with van der Waals surface area (Å²) in [6, 6.07) is 22.5. The van der Waals surface area contributed by atoms with Gasteiger partial charge in [0.05, 0.1) is 17.0 Å². The van der Waals surface area contributed by atoms with Crippen LogP contribution >= 0.6 is 0 Å². The molecule has 3 rings (SSSR count). The maximum absolute atomic E-state index is 12.9. The molecule has 32 heavy (non-hydrogen) atoms. The zero-order chi connectivity index (χ0) is 23.0. The minimum absolute atomic E-state index is 0.0502. The van der Waals surface area contributed by atoms with Crippen LogP contribution in [-0.4, -0.2) is 26.8 Å². The normalized spacial score (nSPS) is 11.7. The van der Waals surface area contributed by atoms with E-state index >= 15 is 0 Å². The van der Waals surface area contributed by atoms with Gasteiger partial charge in [0.15, 0.2) is 0 Å². The van der Waals surface area contributed by atoms with E-state index in [1.54, 1.807) is 54.6 Å². The highest BCUT2D eigenvalue weighted by Gasteiger charge is 2.26. The van der Waals surface area contributed by atoms with Crippen molar-refractivity contribution in [2.45, 2.75) is 11.0 Å². The third-order valence-corrected chi connectivity index (χ3v) is 5.79. The largest absolute Gasteiger partial charge is 0.444 e. The van der Waals surface area contributed by atoms with Crippen LogP contribution in [0.1, 0.15) is 22.0 Å². The topological polar surface area (TPSA) is 102 Å². The molecule has 3 aromatic carbocycles. The van der Waals surface area contributed by atoms with E-state index in [1.165, 1.54) is 24.3 Å². The fraction of sp³-hybridized carbons (Fsp3) is 0.0833. The van der Waals surface area contributed by atoms with E-state index in [1.807, 2.05) is 6.07 Å². The first-order valence-corrected chi connectivity index (χ1v) is 11.0. The molecule has 0 aliphatic heterocycles. The monoisotopic (exact) mass is 448 g/mol. The van der Waals surface area contributed by atoms with Crippen LogP contribution in [0.4, 0.5) is 5.69 Å². The summed E-state index contributed by atoms with van der Waals surface area (Å²) in [6.45, 7) is -0.151. The molecule has 3 aromatic rings. The zero-order valence-corrected chi connectivity index (χ0v) is 17.7. The van der Waals surface area contributed by atoms with Gasteiger partial charge in [-0.2, -0.15) is 4.72 Å². The first-order chi connectivity index (χ1) is 15.4. The molecule has 0 heterocycles. The van der Waals surface area contributed by atoms with Gasteiger partial charge in [-0.15, -0.1) is 6.42 Å². The number of rotatable bonds is 8. The van der Waals surface area contributed by atoms with Crippen LogP contribution in [0.25, 0.3) is 0 Å². The molecule has 0 bridgehead atoms. The summed E-state index contributed by atoms with van der Waals surface area (Å²) in [6.07, 6.45) is 3.87. The molecule has 0 aliphatic rings. The maximum atomic E-state index is 12.9. The van der Waals surface area contributed by atoms with E-state index in [0.29, 0.717) is 11.3 Å². The van der Waals surface area contributed by atoms with Gasteiger partial charge in [0.25, 0.3) is 5.91 Å². The second kappa shape index (κ2) is 10.4. The lowest BCUT2D eigenvalue weighted by Gasteiger charge is -2.18. The molecule has 7 nitrogen and oxygen atoms in total. The molecule has 0 radical (unpaired) electrons. The molecule has 2 N–H and O–H groups in total. The Balaban J connectivity index is 1.79. The number of benzene rings is 3. The van der Waals surface area contributed by atoms with Gasteiger partial charge in [-0.25, -0.2) is 13.2 Å². The van der Waals surface area contributed by atoms with Gasteiger partial charge >= 0.3 is 5.97 Å². The van der Waals surface area contributed by atoms with Crippen LogP contribution in [0.3, 0.4) is 0 Å². The van der Waals surface area contributed by atoms with Gasteiger partial charge in [-0.1, -0.05) is 54.5 Å². The molecule has 0 aromatic heterocycles. The summed E-state index contributed by atoms with van der Waals surface area (Å²) >= 11 is 0. The number of hydrogen-bond donors (Lipinski definition) is 2. The van der Waals surface area contributed by atoms with Crippen molar-refractivity contribution in [3.05, 3.63) is 96.1 Å². The van der Waals surface area contributed by atoms with Gasteiger partial charge < -0.3 is 10.1 Å². The summed E-state index contributed by atoms with van der Waals surface area (Å²) in [5.74, 6) is 0.891. The number of ether oxygens (including phenoxy) is 1. The number of carbonyl (C=O) groups is 2. The van der Waals surface area contributed by atoms with Crippen molar-refractivity contribution in [1.82, 2.24) is 4.72 Å². The van der Waals surface area contributed by atoms with Crippen molar-refractivity contribution in [2.75, 3.05) is 11.9 Å².